The van der Waals surface area contributed by atoms with Crippen molar-refractivity contribution < 1.29 is 9.53 Å². The summed E-state index contributed by atoms with van der Waals surface area (Å²) in [6.45, 7) is 2.20. The molecule has 3 aromatic carbocycles. The van der Waals surface area contributed by atoms with E-state index >= 15 is 0 Å². The fourth-order valence-electron chi connectivity index (χ4n) is 3.96. The molecule has 0 atom stereocenters. The summed E-state index contributed by atoms with van der Waals surface area (Å²) in [6, 6.07) is 18.0. The fourth-order valence-corrected chi connectivity index (χ4v) is 4.22. The van der Waals surface area contributed by atoms with Crippen molar-refractivity contribution in [2.24, 2.45) is 23.5 Å². The molecule has 0 saturated heterocycles. The number of guanidine groups is 1. The Bertz CT molecular complexity index is 1330. The van der Waals surface area contributed by atoms with Crippen LogP contribution in [0.2, 0.25) is 5.02 Å². The van der Waals surface area contributed by atoms with Crippen molar-refractivity contribution in [2.45, 2.75) is 13.5 Å². The van der Waals surface area contributed by atoms with Gasteiger partial charge >= 0.3 is 5.97 Å². The molecular formula is C24H23ClN4O2. The predicted molar refractivity (Wildman–Crippen MR) is 126 cm³/mol. The number of hydrogen-bond donors (Lipinski definition) is 2. The first-order valence-corrected chi connectivity index (χ1v) is 10.3. The van der Waals surface area contributed by atoms with Crippen molar-refractivity contribution in [3.8, 4) is 11.1 Å². The van der Waals surface area contributed by atoms with Crippen molar-refractivity contribution in [1.29, 1.82) is 0 Å². The quantitative estimate of drug-likeness (QED) is 0.272. The molecule has 0 bridgehead atoms. The van der Waals surface area contributed by atoms with Gasteiger partial charge in [-0.2, -0.15) is 0 Å². The Balaban J connectivity index is 2.02. The highest BCUT2D eigenvalue weighted by Gasteiger charge is 2.24. The number of rotatable bonds is 5. The van der Waals surface area contributed by atoms with Gasteiger partial charge in [0.2, 0.25) is 0 Å². The predicted octanol–water partition coefficient (Wildman–Crippen LogP) is 4.60. The van der Waals surface area contributed by atoms with Gasteiger partial charge in [-0.25, -0.2) is 9.79 Å². The number of carbonyl (C=O) groups is 1. The van der Waals surface area contributed by atoms with Crippen LogP contribution in [-0.4, -0.2) is 23.1 Å². The molecule has 1 aromatic heterocycles. The van der Waals surface area contributed by atoms with Gasteiger partial charge in [-0.1, -0.05) is 54.1 Å². The lowest BCUT2D eigenvalue weighted by molar-refractivity contribution is 0.0527. The number of esters is 1. The van der Waals surface area contributed by atoms with Crippen LogP contribution >= 0.6 is 11.6 Å². The summed E-state index contributed by atoms with van der Waals surface area (Å²) in [7, 11) is 1.86. The summed E-state index contributed by atoms with van der Waals surface area (Å²) in [6.07, 6.45) is 0. The van der Waals surface area contributed by atoms with Crippen LogP contribution < -0.4 is 11.5 Å². The molecule has 6 nitrogen and oxygen atoms in total. The summed E-state index contributed by atoms with van der Waals surface area (Å²) in [5, 5.41) is 3.53. The maximum absolute atomic E-state index is 12.9. The van der Waals surface area contributed by atoms with E-state index in [2.05, 4.69) is 23.2 Å². The van der Waals surface area contributed by atoms with Crippen LogP contribution in [0.5, 0.6) is 0 Å². The SMILES string of the molecule is CCOC(=O)c1c(CN=C(N)N)n(C)c2cc(Cl)c(-c3cccc4ccccc34)cc12. The summed E-state index contributed by atoms with van der Waals surface area (Å²) in [4.78, 5) is 17.0. The van der Waals surface area contributed by atoms with Gasteiger partial charge in [0, 0.05) is 18.0 Å². The number of aliphatic imine (C=N–C) groups is 1. The third kappa shape index (κ3) is 3.70. The van der Waals surface area contributed by atoms with Crippen LogP contribution in [0.15, 0.2) is 59.6 Å². The molecule has 0 amide bonds. The van der Waals surface area contributed by atoms with E-state index in [0.717, 1.165) is 32.8 Å². The Morgan fingerprint density at radius 2 is 1.81 bits per heavy atom. The lowest BCUT2D eigenvalue weighted by atomic mass is 9.96. The minimum Gasteiger partial charge on any atom is -0.462 e. The standard InChI is InChI=1S/C24H23ClN4O2/c1-3-31-23(30)22-18-11-17(16-10-6-8-14-7-4-5-9-15(14)16)19(25)12-20(18)29(2)21(22)13-28-24(26)27/h4-12H,3,13H2,1-2H3,(H4,26,27,28). The van der Waals surface area contributed by atoms with Crippen molar-refractivity contribution in [3.63, 3.8) is 0 Å². The summed E-state index contributed by atoms with van der Waals surface area (Å²) >= 11 is 6.74. The molecule has 0 saturated carbocycles. The minimum absolute atomic E-state index is 0.0467. The van der Waals surface area contributed by atoms with Gasteiger partial charge < -0.3 is 20.8 Å². The number of fused-ring (bicyclic) bond motifs is 2. The van der Waals surface area contributed by atoms with E-state index < -0.39 is 5.97 Å². The molecule has 4 N–H and O–H groups in total. The van der Waals surface area contributed by atoms with Crippen LogP contribution in [0.4, 0.5) is 0 Å². The monoisotopic (exact) mass is 434 g/mol. The third-order valence-electron chi connectivity index (χ3n) is 5.38. The molecule has 0 radical (unpaired) electrons. The van der Waals surface area contributed by atoms with E-state index in [1.54, 1.807) is 6.92 Å². The molecule has 0 aliphatic rings. The molecule has 1 heterocycles. The normalized spacial score (nSPS) is 11.1. The molecule has 7 heteroatoms. The van der Waals surface area contributed by atoms with Crippen LogP contribution in [0, 0.1) is 0 Å². The highest BCUT2D eigenvalue weighted by molar-refractivity contribution is 6.35. The van der Waals surface area contributed by atoms with Gasteiger partial charge in [-0.3, -0.25) is 0 Å². The highest BCUT2D eigenvalue weighted by atomic mass is 35.5. The van der Waals surface area contributed by atoms with Crippen LogP contribution in [0.25, 0.3) is 32.8 Å². The Hall–Kier alpha value is -3.51. The Labute approximate surface area is 185 Å². The zero-order valence-electron chi connectivity index (χ0n) is 17.4. The van der Waals surface area contributed by atoms with Gasteiger partial charge in [0.05, 0.1) is 34.9 Å². The number of ether oxygens (including phenoxy) is 1. The Morgan fingerprint density at radius 1 is 1.06 bits per heavy atom. The third-order valence-corrected chi connectivity index (χ3v) is 5.69. The second kappa shape index (κ2) is 8.32. The topological polar surface area (TPSA) is 95.6 Å². The zero-order chi connectivity index (χ0) is 22.1. The molecular weight excluding hydrogens is 412 g/mol. The summed E-state index contributed by atoms with van der Waals surface area (Å²) in [5.74, 6) is -0.463. The molecule has 0 aliphatic heterocycles. The number of nitrogens with two attached hydrogens (primary N) is 2. The van der Waals surface area contributed by atoms with Crippen LogP contribution in [0.3, 0.4) is 0 Å². The van der Waals surface area contributed by atoms with Crippen molar-refractivity contribution >= 4 is 45.2 Å². The lowest BCUT2D eigenvalue weighted by Crippen LogP contribution is -2.23. The number of carbonyl (C=O) groups excluding carboxylic acids is 1. The molecule has 0 fully saturated rings. The minimum atomic E-state index is -0.417. The van der Waals surface area contributed by atoms with Gasteiger partial charge in [0.1, 0.15) is 0 Å². The van der Waals surface area contributed by atoms with Gasteiger partial charge in [0.15, 0.2) is 5.96 Å². The van der Waals surface area contributed by atoms with E-state index in [9.17, 15) is 4.79 Å². The molecule has 0 spiro atoms. The first-order valence-electron chi connectivity index (χ1n) is 9.93. The highest BCUT2D eigenvalue weighted by Crippen LogP contribution is 2.39. The summed E-state index contributed by atoms with van der Waals surface area (Å²) in [5.41, 5.74) is 14.8. The van der Waals surface area contributed by atoms with E-state index in [1.807, 2.05) is 48.0 Å². The maximum Gasteiger partial charge on any atom is 0.340 e. The number of aromatic nitrogens is 1. The zero-order valence-corrected chi connectivity index (χ0v) is 18.1. The van der Waals surface area contributed by atoms with Crippen molar-refractivity contribution in [1.82, 2.24) is 4.57 Å². The Kier molecular flexibility index (Phi) is 5.57. The first-order chi connectivity index (χ1) is 14.9. The number of nitrogens with zero attached hydrogens (tertiary/aromatic N) is 2. The average Bonchev–Trinajstić information content (AvgIpc) is 3.02. The summed E-state index contributed by atoms with van der Waals surface area (Å²) < 4.78 is 7.23. The molecule has 0 unspecified atom stereocenters. The van der Waals surface area contributed by atoms with Crippen LogP contribution in [0.1, 0.15) is 23.0 Å². The molecule has 0 aliphatic carbocycles. The second-order valence-corrected chi connectivity index (χ2v) is 7.63. The lowest BCUT2D eigenvalue weighted by Gasteiger charge is -2.10. The number of hydrogen-bond acceptors (Lipinski definition) is 3. The maximum atomic E-state index is 12.9. The molecule has 4 aromatic rings. The number of benzene rings is 3. The van der Waals surface area contributed by atoms with E-state index in [1.165, 1.54) is 0 Å². The second-order valence-electron chi connectivity index (χ2n) is 7.22. The molecule has 4 rings (SSSR count). The van der Waals surface area contributed by atoms with Gasteiger partial charge in [-0.05, 0) is 35.4 Å². The largest absolute Gasteiger partial charge is 0.462 e. The van der Waals surface area contributed by atoms with Crippen molar-refractivity contribution in [3.05, 3.63) is 70.9 Å². The average molecular weight is 435 g/mol. The van der Waals surface area contributed by atoms with Crippen LogP contribution in [-0.2, 0) is 18.3 Å². The molecule has 158 valence electrons. The number of halogens is 1. The van der Waals surface area contributed by atoms with E-state index in [4.69, 9.17) is 27.8 Å². The van der Waals surface area contributed by atoms with Gasteiger partial charge in [-0.15, -0.1) is 0 Å². The van der Waals surface area contributed by atoms with Crippen molar-refractivity contribution in [2.75, 3.05) is 6.61 Å². The van der Waals surface area contributed by atoms with Gasteiger partial charge in [0.25, 0.3) is 0 Å². The number of aryl methyl sites for hydroxylation is 1. The van der Waals surface area contributed by atoms with E-state index in [0.29, 0.717) is 16.3 Å². The Morgan fingerprint density at radius 3 is 2.55 bits per heavy atom. The fraction of sp³-hybridized carbons (Fsp3) is 0.167. The van der Waals surface area contributed by atoms with E-state index in [-0.39, 0.29) is 19.1 Å². The first kappa shape index (κ1) is 20.8. The molecule has 31 heavy (non-hydrogen) atoms. The smallest absolute Gasteiger partial charge is 0.340 e.